The number of hydrogen-bond donors (Lipinski definition) is 1. The molecular formula is C14H18N2O2S. The molecule has 102 valence electrons. The Hall–Kier alpha value is -0.940. The number of carbonyl (C=O) groups excluding carboxylic acids is 1. The third-order valence-electron chi connectivity index (χ3n) is 6.22. The van der Waals surface area contributed by atoms with Gasteiger partial charge in [0.1, 0.15) is 0 Å². The molecule has 0 unspecified atom stereocenters. The van der Waals surface area contributed by atoms with E-state index >= 15 is 0 Å². The highest BCUT2D eigenvalue weighted by molar-refractivity contribution is 7.13. The number of carbonyl (C=O) groups is 1. The summed E-state index contributed by atoms with van der Waals surface area (Å²) in [4.78, 5) is 16.9. The predicted octanol–water partition coefficient (Wildman–Crippen LogP) is 2.68. The largest absolute Gasteiger partial charge is 0.364 e. The van der Waals surface area contributed by atoms with E-state index in [2.05, 4.69) is 24.1 Å². The average molecular weight is 278 g/mol. The molecule has 1 aliphatic heterocycles. The number of nitrogens with one attached hydrogen (secondary N) is 1. The van der Waals surface area contributed by atoms with Gasteiger partial charge in [0.05, 0.1) is 6.61 Å². The highest BCUT2D eigenvalue weighted by atomic mass is 32.1. The Morgan fingerprint density at radius 2 is 2.42 bits per heavy atom. The summed E-state index contributed by atoms with van der Waals surface area (Å²) in [6.07, 6.45) is 4.92. The van der Waals surface area contributed by atoms with Gasteiger partial charge in [-0.25, -0.2) is 4.98 Å². The molecule has 1 aromatic rings. The smallest absolute Gasteiger partial charge is 0.259 e. The summed E-state index contributed by atoms with van der Waals surface area (Å²) in [7, 11) is 0. The van der Waals surface area contributed by atoms with E-state index in [4.69, 9.17) is 4.74 Å². The van der Waals surface area contributed by atoms with Gasteiger partial charge in [0.25, 0.3) is 5.91 Å². The average Bonchev–Trinajstić information content (AvgIpc) is 3.06. The monoisotopic (exact) mass is 278 g/mol. The fourth-order valence-electron chi connectivity index (χ4n) is 4.74. The van der Waals surface area contributed by atoms with E-state index < -0.39 is 5.60 Å². The van der Waals surface area contributed by atoms with Crippen LogP contribution in [0.2, 0.25) is 0 Å². The van der Waals surface area contributed by atoms with E-state index in [1.165, 1.54) is 17.8 Å². The highest BCUT2D eigenvalue weighted by Crippen LogP contribution is 2.75. The van der Waals surface area contributed by atoms with Gasteiger partial charge in [-0.05, 0) is 25.2 Å². The molecule has 1 saturated heterocycles. The summed E-state index contributed by atoms with van der Waals surface area (Å²) in [6, 6.07) is 0. The molecular weight excluding hydrogens is 260 g/mol. The Morgan fingerprint density at radius 1 is 1.58 bits per heavy atom. The molecule has 19 heavy (non-hydrogen) atoms. The lowest BCUT2D eigenvalue weighted by Crippen LogP contribution is -2.52. The van der Waals surface area contributed by atoms with Gasteiger partial charge in [0.15, 0.2) is 10.7 Å². The van der Waals surface area contributed by atoms with Crippen molar-refractivity contribution in [3.63, 3.8) is 0 Å². The first-order valence-electron chi connectivity index (χ1n) is 6.87. The molecule has 2 saturated carbocycles. The number of thiazole rings is 1. The Kier molecular flexibility index (Phi) is 2.11. The molecule has 0 aromatic carbocycles. The van der Waals surface area contributed by atoms with Crippen LogP contribution in [0.15, 0.2) is 11.6 Å². The van der Waals surface area contributed by atoms with Crippen LogP contribution in [-0.2, 0) is 9.53 Å². The maximum atomic E-state index is 12.8. The normalized spacial score (nSPS) is 46.7. The minimum absolute atomic E-state index is 0.0101. The first-order chi connectivity index (χ1) is 9.02. The van der Waals surface area contributed by atoms with E-state index in [1.54, 1.807) is 6.20 Å². The first kappa shape index (κ1) is 11.9. The number of rotatable bonds is 2. The van der Waals surface area contributed by atoms with Gasteiger partial charge in [0.2, 0.25) is 0 Å². The van der Waals surface area contributed by atoms with Crippen molar-refractivity contribution in [1.29, 1.82) is 0 Å². The standard InChI is InChI=1S/C14H18N2O2S/c1-12-8-18-14(7-9(12)3-4-13(12,14)2)10(17)16-11-15-5-6-19-11/h5-6,9H,3-4,7-8H2,1-2H3,(H,15,16,17)/t9-,12+,13-,14+/m1/s1. The van der Waals surface area contributed by atoms with Crippen molar-refractivity contribution in [3.05, 3.63) is 11.6 Å². The first-order valence-corrected chi connectivity index (χ1v) is 7.75. The molecule has 1 N–H and O–H groups in total. The van der Waals surface area contributed by atoms with E-state index in [-0.39, 0.29) is 16.7 Å². The fourth-order valence-corrected chi connectivity index (χ4v) is 5.26. The molecule has 5 heteroatoms. The molecule has 3 fully saturated rings. The van der Waals surface area contributed by atoms with Crippen LogP contribution in [0.25, 0.3) is 0 Å². The van der Waals surface area contributed by atoms with Crippen LogP contribution in [-0.4, -0.2) is 23.1 Å². The van der Waals surface area contributed by atoms with Gasteiger partial charge in [-0.15, -0.1) is 11.3 Å². The molecule has 2 heterocycles. The second kappa shape index (κ2) is 3.38. The Bertz CT molecular complexity index is 546. The van der Waals surface area contributed by atoms with Crippen molar-refractivity contribution in [2.75, 3.05) is 11.9 Å². The zero-order valence-electron chi connectivity index (χ0n) is 11.2. The summed E-state index contributed by atoms with van der Waals surface area (Å²) in [5.74, 6) is 0.643. The highest BCUT2D eigenvalue weighted by Gasteiger charge is 2.78. The lowest BCUT2D eigenvalue weighted by Gasteiger charge is -2.39. The van der Waals surface area contributed by atoms with Crippen molar-refractivity contribution >= 4 is 22.4 Å². The van der Waals surface area contributed by atoms with Gasteiger partial charge in [-0.2, -0.15) is 0 Å². The molecule has 4 atom stereocenters. The Labute approximate surface area is 116 Å². The van der Waals surface area contributed by atoms with Gasteiger partial charge in [0, 0.05) is 22.4 Å². The number of nitrogens with zero attached hydrogens (tertiary/aromatic N) is 1. The van der Waals surface area contributed by atoms with Crippen LogP contribution in [0.4, 0.5) is 5.13 Å². The van der Waals surface area contributed by atoms with Crippen LogP contribution < -0.4 is 5.32 Å². The topological polar surface area (TPSA) is 51.2 Å². The van der Waals surface area contributed by atoms with Gasteiger partial charge in [-0.1, -0.05) is 13.8 Å². The van der Waals surface area contributed by atoms with Crippen LogP contribution >= 0.6 is 11.3 Å². The van der Waals surface area contributed by atoms with Crippen LogP contribution in [0.3, 0.4) is 0 Å². The van der Waals surface area contributed by atoms with Crippen LogP contribution in [0, 0.1) is 16.7 Å². The molecule has 4 nitrogen and oxygen atoms in total. The number of ether oxygens (including phenoxy) is 1. The number of anilines is 1. The minimum atomic E-state index is -0.629. The van der Waals surface area contributed by atoms with Crippen molar-refractivity contribution in [1.82, 2.24) is 4.98 Å². The lowest BCUT2D eigenvalue weighted by molar-refractivity contribution is -0.149. The predicted molar refractivity (Wildman–Crippen MR) is 73.0 cm³/mol. The number of amides is 1. The van der Waals surface area contributed by atoms with Gasteiger partial charge < -0.3 is 4.74 Å². The minimum Gasteiger partial charge on any atom is -0.364 e. The summed E-state index contributed by atoms with van der Waals surface area (Å²) >= 11 is 1.45. The molecule has 4 rings (SSSR count). The zero-order chi connectivity index (χ0) is 13.3. The van der Waals surface area contributed by atoms with Gasteiger partial charge in [-0.3, -0.25) is 10.1 Å². The molecule has 0 spiro atoms. The van der Waals surface area contributed by atoms with E-state index in [1.807, 2.05) is 5.38 Å². The Morgan fingerprint density at radius 3 is 3.05 bits per heavy atom. The molecule has 0 radical (unpaired) electrons. The SMILES string of the molecule is C[C@]12CC[C@@H]3C[C@@]1(C(=O)Nc1nccs1)OC[C@@]32C. The summed E-state index contributed by atoms with van der Waals surface area (Å²) in [5, 5.41) is 5.49. The van der Waals surface area contributed by atoms with Crippen LogP contribution in [0.5, 0.6) is 0 Å². The third kappa shape index (κ3) is 1.15. The quantitative estimate of drug-likeness (QED) is 0.905. The van der Waals surface area contributed by atoms with Crippen molar-refractivity contribution in [3.8, 4) is 0 Å². The maximum absolute atomic E-state index is 12.8. The molecule has 1 aromatic heterocycles. The van der Waals surface area contributed by atoms with Crippen molar-refractivity contribution in [2.24, 2.45) is 16.7 Å². The lowest BCUT2D eigenvalue weighted by atomic mass is 9.66. The molecule has 3 aliphatic rings. The van der Waals surface area contributed by atoms with E-state index in [0.29, 0.717) is 11.0 Å². The van der Waals surface area contributed by atoms with Crippen LogP contribution in [0.1, 0.15) is 33.1 Å². The van der Waals surface area contributed by atoms with E-state index in [9.17, 15) is 4.79 Å². The van der Waals surface area contributed by atoms with Crippen molar-refractivity contribution < 1.29 is 9.53 Å². The second-order valence-corrected chi connectivity index (χ2v) is 7.49. The summed E-state index contributed by atoms with van der Waals surface area (Å²) < 4.78 is 6.05. The molecule has 2 aliphatic carbocycles. The summed E-state index contributed by atoms with van der Waals surface area (Å²) in [5.41, 5.74) is -0.477. The van der Waals surface area contributed by atoms with E-state index in [0.717, 1.165) is 19.4 Å². The summed E-state index contributed by atoms with van der Waals surface area (Å²) in [6.45, 7) is 5.27. The maximum Gasteiger partial charge on any atom is 0.259 e. The number of aromatic nitrogens is 1. The zero-order valence-corrected chi connectivity index (χ0v) is 12.0. The van der Waals surface area contributed by atoms with Crippen molar-refractivity contribution in [2.45, 2.75) is 38.7 Å². The Balaban J connectivity index is 1.70. The third-order valence-corrected chi connectivity index (χ3v) is 6.91. The fraction of sp³-hybridized carbons (Fsp3) is 0.714. The number of hydrogen-bond acceptors (Lipinski definition) is 4. The van der Waals surface area contributed by atoms with Gasteiger partial charge >= 0.3 is 0 Å². The second-order valence-electron chi connectivity index (χ2n) is 6.60. The molecule has 4 bridgehead atoms. The molecule has 1 amide bonds.